The van der Waals surface area contributed by atoms with Crippen LogP contribution in [0.2, 0.25) is 13.1 Å². The molecule has 0 aliphatic heterocycles. The SMILES string of the molecule is CC1=C(C)C(C)[C]([Ti]([NH]C(C)(C)C)[SiH](C)C)=C1C.Cl.Cl. The molecule has 1 unspecified atom stereocenters. The molecule has 1 rings (SSSR count). The van der Waals surface area contributed by atoms with Crippen molar-refractivity contribution in [3.63, 3.8) is 0 Å². The standard InChI is InChI=1S/C9H13.C4H10N.C2H7Si.2ClH.Ti/c1-6-5-7(2)9(4)8(6)3;1-4(2,3)5;1-3-2;;;/h6H,1-4H3;5H,1-3H3;3H,1-2H3;2*1H;/q;-1;;;;+1. The van der Waals surface area contributed by atoms with Gasteiger partial charge in [-0.2, -0.15) is 0 Å². The van der Waals surface area contributed by atoms with Gasteiger partial charge in [0.1, 0.15) is 0 Å². The van der Waals surface area contributed by atoms with E-state index in [2.05, 4.69) is 65.4 Å². The molecule has 0 spiro atoms. The summed E-state index contributed by atoms with van der Waals surface area (Å²) in [5.74, 6) is 0.699. The minimum atomic E-state index is -1.26. The molecular formula is C15H32Cl2NSiTi. The van der Waals surface area contributed by atoms with Crippen LogP contribution in [0.1, 0.15) is 48.5 Å². The normalized spacial score (nSPS) is 19.2. The van der Waals surface area contributed by atoms with Gasteiger partial charge in [0.25, 0.3) is 0 Å². The van der Waals surface area contributed by atoms with Gasteiger partial charge in [-0.25, -0.2) is 0 Å². The molecule has 0 amide bonds. The molecule has 0 saturated carbocycles. The first kappa shape index (κ1) is 23.2. The Hall–Kier alpha value is 0.951. The van der Waals surface area contributed by atoms with Crippen molar-refractivity contribution in [2.75, 3.05) is 0 Å². The van der Waals surface area contributed by atoms with Crippen molar-refractivity contribution >= 4 is 31.5 Å². The molecule has 119 valence electrons. The van der Waals surface area contributed by atoms with Gasteiger partial charge in [0.05, 0.1) is 0 Å². The summed E-state index contributed by atoms with van der Waals surface area (Å²) in [5.41, 5.74) is 5.06. The molecule has 0 aromatic carbocycles. The van der Waals surface area contributed by atoms with Gasteiger partial charge in [-0.05, 0) is 0 Å². The molecule has 0 bridgehead atoms. The monoisotopic (exact) mass is 372 g/mol. The van der Waals surface area contributed by atoms with Gasteiger partial charge in [-0.15, -0.1) is 24.8 Å². The Morgan fingerprint density at radius 3 is 1.70 bits per heavy atom. The first-order valence-corrected chi connectivity index (χ1v) is 14.3. The molecule has 1 atom stereocenters. The van der Waals surface area contributed by atoms with E-state index < -0.39 is 24.0 Å². The van der Waals surface area contributed by atoms with E-state index >= 15 is 0 Å². The third kappa shape index (κ3) is 5.30. The first-order valence-electron chi connectivity index (χ1n) is 7.10. The summed E-state index contributed by atoms with van der Waals surface area (Å²) >= 11 is -1.26. The fraction of sp³-hybridized carbons (Fsp3) is 0.733. The summed E-state index contributed by atoms with van der Waals surface area (Å²) in [5, 5.41) is 0. The maximum absolute atomic E-state index is 4.04. The van der Waals surface area contributed by atoms with Crippen LogP contribution in [0.3, 0.4) is 0 Å². The largest absolute Gasteiger partial charge is 0.147 e. The second-order valence-corrected chi connectivity index (χ2v) is 19.6. The zero-order valence-corrected chi connectivity index (χ0v) is 18.8. The molecule has 1 aliphatic carbocycles. The molecule has 1 nitrogen and oxygen atoms in total. The summed E-state index contributed by atoms with van der Waals surface area (Å²) < 4.78 is 5.88. The van der Waals surface area contributed by atoms with Crippen molar-refractivity contribution in [1.29, 1.82) is 0 Å². The predicted molar refractivity (Wildman–Crippen MR) is 96.5 cm³/mol. The number of nitrogens with one attached hydrogen (secondary N) is 1. The van der Waals surface area contributed by atoms with Crippen LogP contribution < -0.4 is 3.80 Å². The predicted octanol–water partition coefficient (Wildman–Crippen LogP) is 4.99. The van der Waals surface area contributed by atoms with Crippen molar-refractivity contribution < 1.29 is 17.4 Å². The number of allylic oxidation sites excluding steroid dienone is 4. The van der Waals surface area contributed by atoms with E-state index in [4.69, 9.17) is 0 Å². The van der Waals surface area contributed by atoms with Crippen LogP contribution in [0.15, 0.2) is 20.6 Å². The molecule has 0 aromatic rings. The Bertz CT molecular complexity index is 397. The van der Waals surface area contributed by atoms with Crippen LogP contribution in [0.5, 0.6) is 0 Å². The van der Waals surface area contributed by atoms with E-state index in [9.17, 15) is 0 Å². The van der Waals surface area contributed by atoms with E-state index in [1.54, 1.807) is 16.7 Å². The number of rotatable bonds is 3. The van der Waals surface area contributed by atoms with E-state index in [0.717, 1.165) is 0 Å². The number of hydrogen-bond acceptors (Lipinski definition) is 1. The maximum Gasteiger partial charge on any atom is -0.147 e. The van der Waals surface area contributed by atoms with Crippen molar-refractivity contribution in [1.82, 2.24) is 3.80 Å². The fourth-order valence-corrected chi connectivity index (χ4v) is 15.1. The smallest absolute Gasteiger partial charge is 0.147 e. The van der Waals surface area contributed by atoms with E-state index in [1.165, 1.54) is 0 Å². The third-order valence-corrected chi connectivity index (χ3v) is 16.2. The molecule has 0 radical (unpaired) electrons. The zero-order valence-electron chi connectivity index (χ0n) is 14.5. The average molecular weight is 373 g/mol. The van der Waals surface area contributed by atoms with Crippen molar-refractivity contribution in [3.05, 3.63) is 20.6 Å². The van der Waals surface area contributed by atoms with Crippen LogP contribution in [0, 0.1) is 5.92 Å². The number of hydrogen-bond donors (Lipinski definition) is 1. The molecule has 1 aliphatic rings. The fourth-order valence-electron chi connectivity index (χ4n) is 2.73. The Morgan fingerprint density at radius 2 is 1.45 bits per heavy atom. The van der Waals surface area contributed by atoms with Crippen LogP contribution in [0.25, 0.3) is 0 Å². The molecule has 0 fully saturated rings. The van der Waals surface area contributed by atoms with Gasteiger partial charge in [-0.1, -0.05) is 0 Å². The molecule has 0 heterocycles. The van der Waals surface area contributed by atoms with Gasteiger partial charge in [0.15, 0.2) is 0 Å². The summed E-state index contributed by atoms with van der Waals surface area (Å²) in [6, 6.07) is 0. The molecule has 0 aromatic heterocycles. The van der Waals surface area contributed by atoms with Crippen molar-refractivity contribution in [2.24, 2.45) is 5.92 Å². The first-order chi connectivity index (χ1) is 8.06. The second-order valence-electron chi connectivity index (χ2n) is 7.01. The Balaban J connectivity index is 0. The quantitative estimate of drug-likeness (QED) is 0.687. The second kappa shape index (κ2) is 8.55. The van der Waals surface area contributed by atoms with Crippen LogP contribution >= 0.6 is 24.8 Å². The molecular weight excluding hydrogens is 341 g/mol. The van der Waals surface area contributed by atoms with Gasteiger partial charge < -0.3 is 0 Å². The summed E-state index contributed by atoms with van der Waals surface area (Å²) in [6.07, 6.45) is 0. The minimum Gasteiger partial charge on any atom is -0.147 e. The van der Waals surface area contributed by atoms with E-state index in [1.807, 2.05) is 3.88 Å². The number of halogens is 2. The van der Waals surface area contributed by atoms with Crippen LogP contribution in [-0.2, 0) is 17.4 Å². The molecule has 0 saturated heterocycles. The Kier molecular flexibility index (Phi) is 9.93. The molecule has 1 N–H and O–H groups in total. The van der Waals surface area contributed by atoms with Crippen molar-refractivity contribution in [2.45, 2.75) is 67.1 Å². The van der Waals surface area contributed by atoms with Crippen LogP contribution in [-0.4, -0.2) is 12.2 Å². The maximum atomic E-state index is 4.04. The summed E-state index contributed by atoms with van der Waals surface area (Å²) in [7, 11) is 0. The summed E-state index contributed by atoms with van der Waals surface area (Å²) in [6.45, 7) is 20.8. The Morgan fingerprint density at radius 1 is 1.00 bits per heavy atom. The minimum absolute atomic E-state index is 0. The van der Waals surface area contributed by atoms with Crippen LogP contribution in [0.4, 0.5) is 0 Å². The van der Waals surface area contributed by atoms with E-state index in [0.29, 0.717) is 5.92 Å². The van der Waals surface area contributed by atoms with Crippen molar-refractivity contribution in [3.8, 4) is 0 Å². The zero-order chi connectivity index (χ0) is 14.2. The van der Waals surface area contributed by atoms with Gasteiger partial charge in [-0.3, -0.25) is 0 Å². The molecule has 20 heavy (non-hydrogen) atoms. The summed E-state index contributed by atoms with van der Waals surface area (Å²) in [4.78, 5) is 0. The Labute approximate surface area is 145 Å². The van der Waals surface area contributed by atoms with Gasteiger partial charge >= 0.3 is 121 Å². The van der Waals surface area contributed by atoms with Gasteiger partial charge in [0, 0.05) is 0 Å². The topological polar surface area (TPSA) is 12.0 Å². The van der Waals surface area contributed by atoms with Gasteiger partial charge in [0.2, 0.25) is 0 Å². The van der Waals surface area contributed by atoms with E-state index in [-0.39, 0.29) is 30.4 Å². The third-order valence-electron chi connectivity index (χ3n) is 4.02. The molecule has 5 heteroatoms. The average Bonchev–Trinajstić information content (AvgIpc) is 2.39.